The molecule has 0 saturated carbocycles. The number of benzene rings is 1. The Morgan fingerprint density at radius 1 is 1.05 bits per heavy atom. The van der Waals surface area contributed by atoms with Gasteiger partial charge in [-0.25, -0.2) is 0 Å². The largest absolute Gasteiger partial charge is 0.396 e. The molecule has 5 rings (SSSR count). The van der Waals surface area contributed by atoms with Crippen molar-refractivity contribution in [3.63, 3.8) is 0 Å². The van der Waals surface area contributed by atoms with Gasteiger partial charge in [-0.05, 0) is 37.7 Å². The number of aliphatic hydroxyl groups excluding tert-OH is 1. The molecule has 4 saturated heterocycles. The molecule has 0 aliphatic carbocycles. The lowest BCUT2D eigenvalue weighted by molar-refractivity contribution is -0.140. The Balaban J connectivity index is 1.30. The van der Waals surface area contributed by atoms with Crippen LogP contribution in [0.2, 0.25) is 0 Å². The van der Waals surface area contributed by atoms with Gasteiger partial charge in [0.1, 0.15) is 6.04 Å². The van der Waals surface area contributed by atoms with Gasteiger partial charge in [0.25, 0.3) is 0 Å². The minimum Gasteiger partial charge on any atom is -0.396 e. The highest BCUT2D eigenvalue weighted by Gasteiger charge is 2.73. The quantitative estimate of drug-likeness (QED) is 0.337. The number of rotatable bonds is 12. The summed E-state index contributed by atoms with van der Waals surface area (Å²) >= 11 is 1.71. The molecule has 208 valence electrons. The predicted molar refractivity (Wildman–Crippen MR) is 145 cm³/mol. The first kappa shape index (κ1) is 27.4. The van der Waals surface area contributed by atoms with Crippen molar-refractivity contribution in [2.45, 2.75) is 54.7 Å². The van der Waals surface area contributed by atoms with Crippen molar-refractivity contribution in [2.24, 2.45) is 11.8 Å². The van der Waals surface area contributed by atoms with Crippen LogP contribution in [0.25, 0.3) is 0 Å². The summed E-state index contributed by atoms with van der Waals surface area (Å²) in [6, 6.07) is 9.22. The van der Waals surface area contributed by atoms with Gasteiger partial charge < -0.3 is 25.4 Å². The normalized spacial score (nSPS) is 30.4. The maximum absolute atomic E-state index is 13.9. The Kier molecular flexibility index (Phi) is 8.92. The second kappa shape index (κ2) is 12.4. The van der Waals surface area contributed by atoms with E-state index in [1.54, 1.807) is 16.7 Å². The Hall–Kier alpha value is -2.14. The number of hydrogen-bond donors (Lipinski definition) is 3. The van der Waals surface area contributed by atoms with Crippen LogP contribution in [0.3, 0.4) is 0 Å². The molecular weight excluding hydrogens is 504 g/mol. The molecule has 4 aliphatic rings. The molecule has 4 heterocycles. The Morgan fingerprint density at radius 3 is 2.61 bits per heavy atom. The summed E-state index contributed by atoms with van der Waals surface area (Å²) in [4.78, 5) is 45.2. The number of carbonyl (C=O) groups excluding carboxylic acids is 3. The molecular formula is C28H40N4O5S. The second-order valence-electron chi connectivity index (χ2n) is 10.8. The lowest BCUT2D eigenvalue weighted by atomic mass is 9.70. The third kappa shape index (κ3) is 5.46. The van der Waals surface area contributed by atoms with Crippen molar-refractivity contribution in [3.8, 4) is 0 Å². The summed E-state index contributed by atoms with van der Waals surface area (Å²) < 4.78 is 4.86. The van der Waals surface area contributed by atoms with Crippen LogP contribution in [0.15, 0.2) is 30.3 Å². The van der Waals surface area contributed by atoms with Crippen LogP contribution in [0, 0.1) is 11.8 Å². The molecule has 1 aromatic carbocycles. The highest BCUT2D eigenvalue weighted by atomic mass is 32.2. The number of thioether (sulfide) groups is 1. The second-order valence-corrected chi connectivity index (χ2v) is 12.4. The van der Waals surface area contributed by atoms with Crippen LogP contribution < -0.4 is 10.6 Å². The van der Waals surface area contributed by atoms with Gasteiger partial charge in [-0.3, -0.25) is 19.3 Å². The van der Waals surface area contributed by atoms with Crippen LogP contribution in [0.5, 0.6) is 0 Å². The van der Waals surface area contributed by atoms with Crippen LogP contribution in [0.1, 0.15) is 37.7 Å². The number of hydrogen-bond acceptors (Lipinski definition) is 7. The highest BCUT2D eigenvalue weighted by molar-refractivity contribution is 8.02. The number of fused-ring (bicyclic) bond motifs is 1. The molecule has 2 bridgehead atoms. The topological polar surface area (TPSA) is 111 Å². The van der Waals surface area contributed by atoms with Gasteiger partial charge >= 0.3 is 0 Å². The summed E-state index contributed by atoms with van der Waals surface area (Å²) in [5.41, 5.74) is 1.02. The summed E-state index contributed by atoms with van der Waals surface area (Å²) in [7, 11) is 0. The van der Waals surface area contributed by atoms with Crippen LogP contribution in [-0.4, -0.2) is 101 Å². The molecule has 2 unspecified atom stereocenters. The SMILES string of the molecule is O=C(NCCN1CCOCC1)C1N(CCCCCO)C(=O)[C@@H]2[C@@H](C(=O)NCc3ccccc3)[C@H]3CCC12S3. The molecule has 5 atom stereocenters. The number of morpholine rings is 1. The molecule has 1 spiro atoms. The van der Waals surface area contributed by atoms with Crippen LogP contribution in [0.4, 0.5) is 0 Å². The number of ether oxygens (including phenoxy) is 1. The summed E-state index contributed by atoms with van der Waals surface area (Å²) in [5.74, 6) is -1.14. The van der Waals surface area contributed by atoms with Gasteiger partial charge in [0.2, 0.25) is 17.7 Å². The first-order valence-electron chi connectivity index (χ1n) is 14.0. The van der Waals surface area contributed by atoms with E-state index in [0.29, 0.717) is 39.3 Å². The van der Waals surface area contributed by atoms with E-state index >= 15 is 0 Å². The van der Waals surface area contributed by atoms with E-state index in [1.165, 1.54) is 0 Å². The smallest absolute Gasteiger partial charge is 0.244 e. The van der Waals surface area contributed by atoms with E-state index in [0.717, 1.165) is 50.9 Å². The monoisotopic (exact) mass is 544 g/mol. The fraction of sp³-hybridized carbons (Fsp3) is 0.679. The Morgan fingerprint density at radius 2 is 1.84 bits per heavy atom. The van der Waals surface area contributed by atoms with E-state index in [2.05, 4.69) is 15.5 Å². The first-order chi connectivity index (χ1) is 18.5. The van der Waals surface area contributed by atoms with Gasteiger partial charge in [0.15, 0.2) is 0 Å². The molecule has 38 heavy (non-hydrogen) atoms. The standard InChI is InChI=1S/C28H40N4O5S/c33-16-6-2-5-12-32-24(26(35)29-11-13-31-14-17-37-18-15-31)28-10-9-21(38-28)22(23(28)27(32)36)25(34)30-19-20-7-3-1-4-8-20/h1,3-4,7-8,21-24,33H,2,5-6,9-19H2,(H,29,35)(H,30,34)/t21-,22+,23+,24?,28?/m1/s1. The number of unbranched alkanes of at least 4 members (excludes halogenated alkanes) is 2. The van der Waals surface area contributed by atoms with Gasteiger partial charge in [-0.1, -0.05) is 30.3 Å². The van der Waals surface area contributed by atoms with Crippen molar-refractivity contribution < 1.29 is 24.2 Å². The summed E-state index contributed by atoms with van der Waals surface area (Å²) in [6.07, 6.45) is 3.81. The Labute approximate surface area is 229 Å². The zero-order valence-corrected chi connectivity index (χ0v) is 22.8. The zero-order valence-electron chi connectivity index (χ0n) is 22.0. The average Bonchev–Trinajstić information content (AvgIpc) is 3.58. The third-order valence-corrected chi connectivity index (χ3v) is 10.5. The van der Waals surface area contributed by atoms with E-state index < -0.39 is 22.6 Å². The van der Waals surface area contributed by atoms with E-state index in [9.17, 15) is 19.5 Å². The lowest BCUT2D eigenvalue weighted by Crippen LogP contribution is -2.54. The fourth-order valence-corrected chi connectivity index (χ4v) is 8.95. The number of likely N-dealkylation sites (tertiary alicyclic amines) is 1. The van der Waals surface area contributed by atoms with Crippen molar-refractivity contribution in [3.05, 3.63) is 35.9 Å². The zero-order chi connectivity index (χ0) is 26.5. The summed E-state index contributed by atoms with van der Waals surface area (Å²) in [6.45, 7) is 5.44. The fourth-order valence-electron chi connectivity index (χ4n) is 6.73. The number of carbonyl (C=O) groups is 3. The Bertz CT molecular complexity index is 991. The van der Waals surface area contributed by atoms with Crippen molar-refractivity contribution in [1.82, 2.24) is 20.4 Å². The molecule has 4 aliphatic heterocycles. The lowest BCUT2D eigenvalue weighted by Gasteiger charge is -2.34. The van der Waals surface area contributed by atoms with Crippen molar-refractivity contribution in [1.29, 1.82) is 0 Å². The van der Waals surface area contributed by atoms with Gasteiger partial charge in [-0.2, -0.15) is 0 Å². The average molecular weight is 545 g/mol. The van der Waals surface area contributed by atoms with Crippen molar-refractivity contribution in [2.75, 3.05) is 52.5 Å². The van der Waals surface area contributed by atoms with E-state index in [-0.39, 0.29) is 29.6 Å². The molecule has 10 heteroatoms. The molecule has 3 amide bonds. The van der Waals surface area contributed by atoms with Crippen LogP contribution >= 0.6 is 11.8 Å². The van der Waals surface area contributed by atoms with Gasteiger partial charge in [-0.15, -0.1) is 11.8 Å². The third-order valence-electron chi connectivity index (χ3n) is 8.55. The van der Waals surface area contributed by atoms with E-state index in [1.807, 2.05) is 30.3 Å². The highest BCUT2D eigenvalue weighted by Crippen LogP contribution is 2.66. The molecule has 4 fully saturated rings. The molecule has 9 nitrogen and oxygen atoms in total. The van der Waals surface area contributed by atoms with E-state index in [4.69, 9.17) is 4.74 Å². The van der Waals surface area contributed by atoms with Crippen molar-refractivity contribution >= 4 is 29.5 Å². The maximum Gasteiger partial charge on any atom is 0.244 e. The number of nitrogens with one attached hydrogen (secondary N) is 2. The number of aliphatic hydroxyl groups is 1. The van der Waals surface area contributed by atoms with Gasteiger partial charge in [0, 0.05) is 51.1 Å². The summed E-state index contributed by atoms with van der Waals surface area (Å²) in [5, 5.41) is 15.5. The molecule has 0 radical (unpaired) electrons. The minimum absolute atomic E-state index is 0.0555. The minimum atomic E-state index is -0.569. The van der Waals surface area contributed by atoms with Crippen LogP contribution in [-0.2, 0) is 25.7 Å². The molecule has 0 aromatic heterocycles. The molecule has 1 aromatic rings. The molecule has 3 N–H and O–H groups in total. The predicted octanol–water partition coefficient (Wildman–Crippen LogP) is 1.01. The van der Waals surface area contributed by atoms with Gasteiger partial charge in [0.05, 0.1) is 29.8 Å². The maximum atomic E-state index is 13.9. The number of nitrogens with zero attached hydrogens (tertiary/aromatic N) is 2. The number of amides is 3. The first-order valence-corrected chi connectivity index (χ1v) is 14.9.